The summed E-state index contributed by atoms with van der Waals surface area (Å²) >= 11 is 0. The van der Waals surface area contributed by atoms with Crippen LogP contribution in [0.25, 0.3) is 11.1 Å². The summed E-state index contributed by atoms with van der Waals surface area (Å²) in [6, 6.07) is 15.9. The fraction of sp³-hybridized carbons (Fsp3) is 0.438. The van der Waals surface area contributed by atoms with Gasteiger partial charge in [-0.2, -0.15) is 0 Å². The number of aryl methyl sites for hydroxylation is 2. The summed E-state index contributed by atoms with van der Waals surface area (Å²) in [6.45, 7) is 2.22. The zero-order chi connectivity index (χ0) is 25.5. The summed E-state index contributed by atoms with van der Waals surface area (Å²) in [6.07, 6.45) is 10.2. The minimum Gasteiger partial charge on any atom is -0.497 e. The lowest BCUT2D eigenvalue weighted by molar-refractivity contribution is 0.297. The molecule has 4 heteroatoms. The highest BCUT2D eigenvalue weighted by Crippen LogP contribution is 2.39. The van der Waals surface area contributed by atoms with Crippen LogP contribution in [-0.4, -0.2) is 7.11 Å². The van der Waals surface area contributed by atoms with Crippen molar-refractivity contribution in [3.05, 3.63) is 88.7 Å². The number of unbranched alkanes of at least 4 members (excludes halogenated alkanes) is 2. The molecule has 0 bridgehead atoms. The first-order valence-corrected chi connectivity index (χ1v) is 13.4. The molecular weight excluding hydrogens is 457 g/mol. The van der Waals surface area contributed by atoms with E-state index in [0.717, 1.165) is 42.7 Å². The molecule has 0 spiro atoms. The number of hydrogen-bond acceptors (Lipinski definition) is 1. The Morgan fingerprint density at radius 1 is 0.806 bits per heavy atom. The lowest BCUT2D eigenvalue weighted by Gasteiger charge is -2.29. The second-order valence-electron chi connectivity index (χ2n) is 10.2. The fourth-order valence-electron chi connectivity index (χ4n) is 5.54. The molecule has 1 aliphatic carbocycles. The number of methoxy groups -OCH3 is 1. The third kappa shape index (κ3) is 6.32. The second-order valence-corrected chi connectivity index (χ2v) is 10.2. The van der Waals surface area contributed by atoms with Crippen LogP contribution in [0.5, 0.6) is 5.75 Å². The molecule has 0 aliphatic heterocycles. The molecule has 0 N–H and O–H groups in total. The van der Waals surface area contributed by atoms with Gasteiger partial charge in [0.15, 0.2) is 11.6 Å². The number of rotatable bonds is 10. The predicted octanol–water partition coefficient (Wildman–Crippen LogP) is 9.42. The summed E-state index contributed by atoms with van der Waals surface area (Å²) in [5.41, 5.74) is 3.23. The number of ether oxygens (including phenoxy) is 1. The lowest BCUT2D eigenvalue weighted by Crippen LogP contribution is -2.15. The second kappa shape index (κ2) is 12.5. The molecule has 3 aromatic rings. The van der Waals surface area contributed by atoms with Crippen molar-refractivity contribution in [2.24, 2.45) is 5.92 Å². The predicted molar refractivity (Wildman–Crippen MR) is 141 cm³/mol. The summed E-state index contributed by atoms with van der Waals surface area (Å²) < 4.78 is 49.4. The monoisotopic (exact) mass is 494 g/mol. The quantitative estimate of drug-likeness (QED) is 0.255. The van der Waals surface area contributed by atoms with E-state index in [1.54, 1.807) is 18.2 Å². The molecule has 36 heavy (non-hydrogen) atoms. The van der Waals surface area contributed by atoms with E-state index in [1.165, 1.54) is 38.9 Å². The molecule has 0 saturated heterocycles. The van der Waals surface area contributed by atoms with E-state index in [2.05, 4.69) is 6.92 Å². The van der Waals surface area contributed by atoms with Gasteiger partial charge < -0.3 is 4.74 Å². The molecule has 1 saturated carbocycles. The maximum Gasteiger partial charge on any atom is 0.162 e. The molecular formula is C32H37F3O. The summed E-state index contributed by atoms with van der Waals surface area (Å²) in [4.78, 5) is 0. The Bertz CT molecular complexity index is 1130. The van der Waals surface area contributed by atoms with E-state index >= 15 is 4.39 Å². The number of benzene rings is 3. The van der Waals surface area contributed by atoms with Crippen LogP contribution in [0.2, 0.25) is 0 Å². The molecule has 0 heterocycles. The first kappa shape index (κ1) is 26.3. The molecule has 0 aromatic heterocycles. The molecule has 1 fully saturated rings. The van der Waals surface area contributed by atoms with Crippen LogP contribution >= 0.6 is 0 Å². The minimum absolute atomic E-state index is 0.127. The Labute approximate surface area is 213 Å². The Morgan fingerprint density at radius 3 is 2.22 bits per heavy atom. The highest BCUT2D eigenvalue weighted by Gasteiger charge is 2.26. The van der Waals surface area contributed by atoms with Gasteiger partial charge in [0.25, 0.3) is 0 Å². The highest BCUT2D eigenvalue weighted by atomic mass is 19.2. The van der Waals surface area contributed by atoms with Gasteiger partial charge in [-0.3, -0.25) is 0 Å². The first-order valence-electron chi connectivity index (χ1n) is 13.4. The molecule has 1 aliphatic rings. The van der Waals surface area contributed by atoms with Crippen molar-refractivity contribution in [1.82, 2.24) is 0 Å². The van der Waals surface area contributed by atoms with Crippen LogP contribution in [0.15, 0.2) is 54.6 Å². The molecule has 4 rings (SSSR count). The van der Waals surface area contributed by atoms with Crippen molar-refractivity contribution < 1.29 is 17.9 Å². The van der Waals surface area contributed by atoms with E-state index in [4.69, 9.17) is 4.74 Å². The van der Waals surface area contributed by atoms with Crippen LogP contribution in [-0.2, 0) is 12.8 Å². The van der Waals surface area contributed by atoms with Gasteiger partial charge in [0.1, 0.15) is 11.6 Å². The van der Waals surface area contributed by atoms with Crippen LogP contribution in [0.4, 0.5) is 13.2 Å². The Balaban J connectivity index is 1.35. The maximum atomic E-state index is 15.0. The topological polar surface area (TPSA) is 9.23 Å². The van der Waals surface area contributed by atoms with Crippen molar-refractivity contribution in [3.63, 3.8) is 0 Å². The van der Waals surface area contributed by atoms with E-state index in [1.807, 2.05) is 30.3 Å². The first-order chi connectivity index (χ1) is 17.5. The summed E-state index contributed by atoms with van der Waals surface area (Å²) in [7, 11) is 1.51. The van der Waals surface area contributed by atoms with E-state index in [9.17, 15) is 8.78 Å². The van der Waals surface area contributed by atoms with E-state index < -0.39 is 11.6 Å². The van der Waals surface area contributed by atoms with E-state index in [0.29, 0.717) is 35.3 Å². The Hall–Kier alpha value is -2.75. The van der Waals surface area contributed by atoms with Crippen molar-refractivity contribution in [1.29, 1.82) is 0 Å². The van der Waals surface area contributed by atoms with Crippen molar-refractivity contribution in [2.45, 2.75) is 77.0 Å². The zero-order valence-corrected chi connectivity index (χ0v) is 21.5. The molecule has 0 atom stereocenters. The smallest absolute Gasteiger partial charge is 0.162 e. The minimum atomic E-state index is -0.700. The average Bonchev–Trinajstić information content (AvgIpc) is 2.90. The molecule has 0 unspecified atom stereocenters. The van der Waals surface area contributed by atoms with E-state index in [-0.39, 0.29) is 11.7 Å². The van der Waals surface area contributed by atoms with Gasteiger partial charge in [-0.25, -0.2) is 13.2 Å². The van der Waals surface area contributed by atoms with Gasteiger partial charge in [0.05, 0.1) is 7.11 Å². The van der Waals surface area contributed by atoms with Gasteiger partial charge in [-0.15, -0.1) is 0 Å². The van der Waals surface area contributed by atoms with Crippen molar-refractivity contribution in [2.75, 3.05) is 7.11 Å². The molecule has 3 aromatic carbocycles. The van der Waals surface area contributed by atoms with Gasteiger partial charge in [-0.1, -0.05) is 69.0 Å². The lowest BCUT2D eigenvalue weighted by atomic mass is 9.76. The normalized spacial score (nSPS) is 17.8. The zero-order valence-electron chi connectivity index (χ0n) is 21.5. The number of hydrogen-bond donors (Lipinski definition) is 0. The number of halogens is 3. The van der Waals surface area contributed by atoms with Gasteiger partial charge in [0.2, 0.25) is 0 Å². The van der Waals surface area contributed by atoms with Gasteiger partial charge in [0, 0.05) is 11.6 Å². The van der Waals surface area contributed by atoms with Gasteiger partial charge in [-0.05, 0) is 84.7 Å². The molecule has 0 radical (unpaired) electrons. The molecule has 1 nitrogen and oxygen atoms in total. The summed E-state index contributed by atoms with van der Waals surface area (Å²) in [5, 5.41) is 0. The molecule has 192 valence electrons. The van der Waals surface area contributed by atoms with Crippen LogP contribution in [0, 0.1) is 23.4 Å². The third-order valence-electron chi connectivity index (χ3n) is 7.82. The Kier molecular flexibility index (Phi) is 9.12. The van der Waals surface area contributed by atoms with Crippen LogP contribution < -0.4 is 4.74 Å². The van der Waals surface area contributed by atoms with Gasteiger partial charge >= 0.3 is 0 Å². The van der Waals surface area contributed by atoms with Crippen LogP contribution in [0.3, 0.4) is 0 Å². The van der Waals surface area contributed by atoms with Crippen LogP contribution in [0.1, 0.15) is 80.9 Å². The highest BCUT2D eigenvalue weighted by molar-refractivity contribution is 5.65. The average molecular weight is 495 g/mol. The third-order valence-corrected chi connectivity index (χ3v) is 7.82. The van der Waals surface area contributed by atoms with Crippen molar-refractivity contribution >= 4 is 0 Å². The maximum absolute atomic E-state index is 15.0. The Morgan fingerprint density at radius 2 is 1.56 bits per heavy atom. The van der Waals surface area contributed by atoms with Crippen molar-refractivity contribution in [3.8, 4) is 16.9 Å². The fourth-order valence-corrected chi connectivity index (χ4v) is 5.54. The standard InChI is InChI=1S/C32H37F3O/c1-3-4-5-6-22-7-14-25(15-8-22)29-19-17-26(31(34)32(29)35)16-11-23-9-12-24(13-10-23)28-20-18-27(36-2)21-30(28)33/h9-10,12-13,17-22,25H,3-8,11,14-16H2,1-2H3. The molecule has 0 amide bonds. The SMILES string of the molecule is CCCCCC1CCC(c2ccc(CCc3ccc(-c4ccc(OC)cc4F)cc3)c(F)c2F)CC1. The summed E-state index contributed by atoms with van der Waals surface area (Å²) in [5.74, 6) is -0.357. The largest absolute Gasteiger partial charge is 0.497 e.